The lowest BCUT2D eigenvalue weighted by atomic mass is 9.96. The molecule has 0 spiro atoms. The highest BCUT2D eigenvalue weighted by atomic mass is 19.1. The van der Waals surface area contributed by atoms with Crippen LogP contribution in [0.3, 0.4) is 0 Å². The van der Waals surface area contributed by atoms with Crippen LogP contribution in [-0.2, 0) is 23.8 Å². The van der Waals surface area contributed by atoms with Gasteiger partial charge in [-0.1, -0.05) is 0 Å². The number of carbonyl (C=O) groups is 2. The summed E-state index contributed by atoms with van der Waals surface area (Å²) in [6, 6.07) is 5.73. The topological polar surface area (TPSA) is 77.5 Å². The molecule has 2 atom stereocenters. The van der Waals surface area contributed by atoms with Crippen molar-refractivity contribution in [1.82, 2.24) is 9.80 Å². The monoisotopic (exact) mass is 464 g/mol. The lowest BCUT2D eigenvalue weighted by Crippen LogP contribution is -2.58. The van der Waals surface area contributed by atoms with Gasteiger partial charge in [0.05, 0.1) is 38.9 Å². The van der Waals surface area contributed by atoms with Crippen LogP contribution in [0.15, 0.2) is 24.3 Å². The third-order valence-electron chi connectivity index (χ3n) is 6.46. The van der Waals surface area contributed by atoms with E-state index < -0.39 is 5.60 Å². The number of carbonyl (C=O) groups excluding carboxylic acids is 2. The summed E-state index contributed by atoms with van der Waals surface area (Å²) >= 11 is 0. The number of hydrogen-bond acceptors (Lipinski definition) is 6. The Kier molecular flexibility index (Phi) is 8.16. The standard InChI is InChI=1S/C24H33FN2O6/c25-19-3-5-21(6-4-19)32-18-24(16-23(29)26-9-13-30-14-10-26)17-27(11-15-33-24)22(28)8-7-20-2-1-12-31-20/h3-6,20H,1-2,7-18H2/t20-,24-/m1/s1. The molecule has 3 saturated heterocycles. The minimum Gasteiger partial charge on any atom is -0.490 e. The quantitative estimate of drug-likeness (QED) is 0.586. The van der Waals surface area contributed by atoms with E-state index in [4.69, 9.17) is 18.9 Å². The molecule has 0 unspecified atom stereocenters. The molecule has 0 aromatic heterocycles. The van der Waals surface area contributed by atoms with Crippen LogP contribution in [0, 0.1) is 5.82 Å². The zero-order valence-electron chi connectivity index (χ0n) is 19.0. The Balaban J connectivity index is 1.42. The van der Waals surface area contributed by atoms with Crippen molar-refractivity contribution in [1.29, 1.82) is 0 Å². The Labute approximate surface area is 193 Å². The third kappa shape index (κ3) is 6.65. The van der Waals surface area contributed by atoms with Crippen molar-refractivity contribution < 1.29 is 32.9 Å². The Morgan fingerprint density at radius 2 is 1.79 bits per heavy atom. The summed E-state index contributed by atoms with van der Waals surface area (Å²) in [6.45, 7) is 4.04. The molecule has 4 rings (SSSR count). The minimum absolute atomic E-state index is 0.0405. The van der Waals surface area contributed by atoms with Crippen molar-refractivity contribution in [3.8, 4) is 5.75 Å². The Morgan fingerprint density at radius 3 is 2.52 bits per heavy atom. The molecule has 3 heterocycles. The van der Waals surface area contributed by atoms with Gasteiger partial charge in [0.25, 0.3) is 0 Å². The maximum atomic E-state index is 13.3. The van der Waals surface area contributed by atoms with E-state index in [1.165, 1.54) is 12.1 Å². The van der Waals surface area contributed by atoms with Gasteiger partial charge in [0, 0.05) is 32.7 Å². The second-order valence-electron chi connectivity index (χ2n) is 8.93. The number of hydrogen-bond donors (Lipinski definition) is 0. The number of benzene rings is 1. The summed E-state index contributed by atoms with van der Waals surface area (Å²) in [5, 5.41) is 0. The average Bonchev–Trinajstić information content (AvgIpc) is 3.37. The first-order valence-electron chi connectivity index (χ1n) is 11.8. The highest BCUT2D eigenvalue weighted by Crippen LogP contribution is 2.27. The first-order valence-corrected chi connectivity index (χ1v) is 11.8. The molecule has 1 aromatic rings. The number of nitrogens with zero attached hydrogens (tertiary/aromatic N) is 2. The number of ether oxygens (including phenoxy) is 4. The molecule has 33 heavy (non-hydrogen) atoms. The van der Waals surface area contributed by atoms with Gasteiger partial charge in [0.1, 0.15) is 23.8 Å². The van der Waals surface area contributed by atoms with E-state index in [0.717, 1.165) is 19.4 Å². The second-order valence-corrected chi connectivity index (χ2v) is 8.93. The molecule has 3 aliphatic heterocycles. The molecule has 0 saturated carbocycles. The fourth-order valence-corrected chi connectivity index (χ4v) is 4.56. The number of morpholine rings is 2. The Hall–Kier alpha value is -2.23. The molecular weight excluding hydrogens is 431 g/mol. The summed E-state index contributed by atoms with van der Waals surface area (Å²) in [5.74, 6) is 0.130. The average molecular weight is 465 g/mol. The highest BCUT2D eigenvalue weighted by Gasteiger charge is 2.42. The lowest BCUT2D eigenvalue weighted by Gasteiger charge is -2.43. The van der Waals surface area contributed by atoms with E-state index in [1.807, 2.05) is 0 Å². The largest absolute Gasteiger partial charge is 0.490 e. The molecule has 0 N–H and O–H groups in total. The fourth-order valence-electron chi connectivity index (χ4n) is 4.56. The molecule has 1 aromatic carbocycles. The van der Waals surface area contributed by atoms with Gasteiger partial charge in [-0.3, -0.25) is 9.59 Å². The van der Waals surface area contributed by atoms with Crippen molar-refractivity contribution in [2.75, 3.05) is 59.2 Å². The van der Waals surface area contributed by atoms with Gasteiger partial charge < -0.3 is 28.7 Å². The molecule has 3 fully saturated rings. The minimum atomic E-state index is -0.971. The van der Waals surface area contributed by atoms with Gasteiger partial charge in [-0.2, -0.15) is 0 Å². The molecule has 8 nitrogen and oxygen atoms in total. The van der Waals surface area contributed by atoms with Crippen molar-refractivity contribution in [3.05, 3.63) is 30.1 Å². The summed E-state index contributed by atoms with van der Waals surface area (Å²) < 4.78 is 36.3. The van der Waals surface area contributed by atoms with Gasteiger partial charge in [-0.25, -0.2) is 4.39 Å². The first kappa shape index (κ1) is 23.9. The van der Waals surface area contributed by atoms with Gasteiger partial charge >= 0.3 is 0 Å². The molecule has 0 aliphatic carbocycles. The third-order valence-corrected chi connectivity index (χ3v) is 6.46. The molecule has 182 valence electrons. The van der Waals surface area contributed by atoms with Crippen LogP contribution in [-0.4, -0.2) is 92.5 Å². The number of halogens is 1. The molecule has 3 aliphatic rings. The van der Waals surface area contributed by atoms with Crippen molar-refractivity contribution in [3.63, 3.8) is 0 Å². The molecular formula is C24H33FN2O6. The zero-order valence-corrected chi connectivity index (χ0v) is 19.0. The fraction of sp³-hybridized carbons (Fsp3) is 0.667. The second kappa shape index (κ2) is 11.3. The van der Waals surface area contributed by atoms with Crippen LogP contribution in [0.1, 0.15) is 32.1 Å². The summed E-state index contributed by atoms with van der Waals surface area (Å²) in [7, 11) is 0. The van der Waals surface area contributed by atoms with E-state index in [1.54, 1.807) is 21.9 Å². The summed E-state index contributed by atoms with van der Waals surface area (Å²) in [6.07, 6.45) is 3.43. The van der Waals surface area contributed by atoms with E-state index in [-0.39, 0.29) is 43.3 Å². The van der Waals surface area contributed by atoms with Crippen LogP contribution in [0.5, 0.6) is 5.75 Å². The lowest BCUT2D eigenvalue weighted by molar-refractivity contribution is -0.167. The SMILES string of the molecule is O=C(C[C@]1(COc2ccc(F)cc2)CN(C(=O)CC[C@H]2CCCO2)CCO1)N1CCOCC1. The number of rotatable bonds is 8. The maximum absolute atomic E-state index is 13.3. The van der Waals surface area contributed by atoms with E-state index in [0.29, 0.717) is 58.0 Å². The van der Waals surface area contributed by atoms with Crippen molar-refractivity contribution >= 4 is 11.8 Å². The van der Waals surface area contributed by atoms with E-state index in [2.05, 4.69) is 0 Å². The van der Waals surface area contributed by atoms with E-state index in [9.17, 15) is 14.0 Å². The first-order chi connectivity index (χ1) is 16.0. The van der Waals surface area contributed by atoms with Crippen molar-refractivity contribution in [2.24, 2.45) is 0 Å². The smallest absolute Gasteiger partial charge is 0.225 e. The van der Waals surface area contributed by atoms with Gasteiger partial charge in [0.15, 0.2) is 0 Å². The molecule has 9 heteroatoms. The van der Waals surface area contributed by atoms with Crippen molar-refractivity contribution in [2.45, 2.75) is 43.8 Å². The predicted molar refractivity (Wildman–Crippen MR) is 117 cm³/mol. The van der Waals surface area contributed by atoms with Gasteiger partial charge in [-0.15, -0.1) is 0 Å². The maximum Gasteiger partial charge on any atom is 0.225 e. The highest BCUT2D eigenvalue weighted by molar-refractivity contribution is 5.79. The number of amides is 2. The van der Waals surface area contributed by atoms with Crippen LogP contribution >= 0.6 is 0 Å². The predicted octanol–water partition coefficient (Wildman–Crippen LogP) is 2.01. The molecule has 2 amide bonds. The Bertz CT molecular complexity index is 795. The molecule has 0 bridgehead atoms. The summed E-state index contributed by atoms with van der Waals surface area (Å²) in [5.41, 5.74) is -0.971. The van der Waals surface area contributed by atoms with Gasteiger partial charge in [0.2, 0.25) is 11.8 Å². The summed E-state index contributed by atoms with van der Waals surface area (Å²) in [4.78, 5) is 29.6. The van der Waals surface area contributed by atoms with Crippen LogP contribution in [0.4, 0.5) is 4.39 Å². The van der Waals surface area contributed by atoms with Crippen LogP contribution in [0.25, 0.3) is 0 Å². The van der Waals surface area contributed by atoms with Crippen LogP contribution < -0.4 is 4.74 Å². The molecule has 0 radical (unpaired) electrons. The zero-order chi connectivity index (χ0) is 23.1. The normalized spacial score (nSPS) is 25.8. The van der Waals surface area contributed by atoms with E-state index >= 15 is 0 Å². The Morgan fingerprint density at radius 1 is 1.03 bits per heavy atom. The van der Waals surface area contributed by atoms with Gasteiger partial charge in [-0.05, 0) is 43.5 Å². The van der Waals surface area contributed by atoms with Crippen LogP contribution in [0.2, 0.25) is 0 Å².